The van der Waals surface area contributed by atoms with Crippen molar-refractivity contribution in [3.05, 3.63) is 70.9 Å². The van der Waals surface area contributed by atoms with Gasteiger partial charge in [0.15, 0.2) is 17.5 Å². The van der Waals surface area contributed by atoms with Crippen molar-refractivity contribution in [2.75, 3.05) is 10.6 Å². The predicted octanol–water partition coefficient (Wildman–Crippen LogP) is 5.17. The Bertz CT molecular complexity index is 936. The van der Waals surface area contributed by atoms with Gasteiger partial charge in [0.2, 0.25) is 5.95 Å². The summed E-state index contributed by atoms with van der Waals surface area (Å²) in [5.74, 6) is -4.60. The molecule has 0 aliphatic heterocycles. The van der Waals surface area contributed by atoms with Crippen LogP contribution in [0.3, 0.4) is 0 Å². The van der Waals surface area contributed by atoms with Crippen LogP contribution in [0.25, 0.3) is 0 Å². The van der Waals surface area contributed by atoms with Crippen LogP contribution in [0.2, 0.25) is 5.02 Å². The Morgan fingerprint density at radius 3 is 2.36 bits per heavy atom. The average molecular weight is 369 g/mol. The van der Waals surface area contributed by atoms with Crippen molar-refractivity contribution in [2.24, 2.45) is 0 Å². The summed E-state index contributed by atoms with van der Waals surface area (Å²) in [6.45, 7) is 0. The minimum absolute atomic E-state index is 0.0527. The lowest BCUT2D eigenvalue weighted by molar-refractivity contribution is 0.449. The zero-order valence-corrected chi connectivity index (χ0v) is 13.1. The Morgan fingerprint density at radius 2 is 1.60 bits per heavy atom. The van der Waals surface area contributed by atoms with E-state index < -0.39 is 23.3 Å². The number of hydrogen-bond donors (Lipinski definition) is 2. The quantitative estimate of drug-likeness (QED) is 0.492. The zero-order chi connectivity index (χ0) is 18.0. The second kappa shape index (κ2) is 6.94. The first kappa shape index (κ1) is 17.0. The standard InChI is InChI=1S/C16H9ClF4N4/c17-9-7-8(1-2-10(9)18)23-13-5-6-22-16(25-13)24-12-4-3-11(19)14(20)15(12)21/h1-7H,(H2,22,23,24,25). The van der Waals surface area contributed by atoms with E-state index in [9.17, 15) is 17.6 Å². The number of aromatic nitrogens is 2. The monoisotopic (exact) mass is 368 g/mol. The van der Waals surface area contributed by atoms with Crippen LogP contribution in [0.15, 0.2) is 42.6 Å². The maximum Gasteiger partial charge on any atom is 0.229 e. The second-order valence-electron chi connectivity index (χ2n) is 4.87. The van der Waals surface area contributed by atoms with Crippen LogP contribution in [0.5, 0.6) is 0 Å². The normalized spacial score (nSPS) is 10.6. The molecule has 0 amide bonds. The highest BCUT2D eigenvalue weighted by molar-refractivity contribution is 6.31. The first-order valence-corrected chi connectivity index (χ1v) is 7.27. The van der Waals surface area contributed by atoms with E-state index in [1.165, 1.54) is 30.5 Å². The topological polar surface area (TPSA) is 49.8 Å². The molecular weight excluding hydrogens is 360 g/mol. The first-order valence-electron chi connectivity index (χ1n) is 6.89. The Labute approximate surface area is 144 Å². The van der Waals surface area contributed by atoms with Crippen LogP contribution in [0.4, 0.5) is 40.7 Å². The lowest BCUT2D eigenvalue weighted by Gasteiger charge is -2.10. The third-order valence-electron chi connectivity index (χ3n) is 3.13. The fourth-order valence-electron chi connectivity index (χ4n) is 1.95. The van der Waals surface area contributed by atoms with Gasteiger partial charge in [-0.3, -0.25) is 0 Å². The highest BCUT2D eigenvalue weighted by Gasteiger charge is 2.14. The van der Waals surface area contributed by atoms with E-state index in [1.807, 2.05) is 0 Å². The maximum atomic E-state index is 13.7. The first-order chi connectivity index (χ1) is 11.9. The molecule has 0 unspecified atom stereocenters. The molecule has 9 heteroatoms. The van der Waals surface area contributed by atoms with Crippen LogP contribution in [0.1, 0.15) is 0 Å². The van der Waals surface area contributed by atoms with Gasteiger partial charge in [-0.25, -0.2) is 22.5 Å². The highest BCUT2D eigenvalue weighted by Crippen LogP contribution is 2.24. The molecule has 0 atom stereocenters. The van der Waals surface area contributed by atoms with Gasteiger partial charge >= 0.3 is 0 Å². The van der Waals surface area contributed by atoms with Gasteiger partial charge in [-0.1, -0.05) is 11.6 Å². The van der Waals surface area contributed by atoms with Crippen LogP contribution < -0.4 is 10.6 Å². The molecule has 0 aliphatic rings. The molecule has 25 heavy (non-hydrogen) atoms. The van der Waals surface area contributed by atoms with Crippen molar-refractivity contribution in [1.82, 2.24) is 9.97 Å². The van der Waals surface area contributed by atoms with E-state index in [2.05, 4.69) is 20.6 Å². The fourth-order valence-corrected chi connectivity index (χ4v) is 2.13. The van der Waals surface area contributed by atoms with E-state index >= 15 is 0 Å². The molecule has 0 aliphatic carbocycles. The van der Waals surface area contributed by atoms with E-state index in [0.717, 1.165) is 12.1 Å². The minimum atomic E-state index is -1.60. The summed E-state index contributed by atoms with van der Waals surface area (Å²) in [6, 6.07) is 7.30. The number of anilines is 4. The Kier molecular flexibility index (Phi) is 4.71. The van der Waals surface area contributed by atoms with E-state index in [4.69, 9.17) is 11.6 Å². The molecule has 0 bridgehead atoms. The third-order valence-corrected chi connectivity index (χ3v) is 3.42. The van der Waals surface area contributed by atoms with Gasteiger partial charge < -0.3 is 10.6 Å². The van der Waals surface area contributed by atoms with Gasteiger partial charge in [0, 0.05) is 11.9 Å². The molecule has 0 saturated heterocycles. The molecule has 3 rings (SSSR count). The van der Waals surface area contributed by atoms with Crippen molar-refractivity contribution in [2.45, 2.75) is 0 Å². The molecule has 4 nitrogen and oxygen atoms in total. The van der Waals surface area contributed by atoms with Gasteiger partial charge in [0.05, 0.1) is 10.7 Å². The van der Waals surface area contributed by atoms with Gasteiger partial charge in [-0.2, -0.15) is 4.98 Å². The molecule has 1 heterocycles. The lowest BCUT2D eigenvalue weighted by atomic mass is 10.3. The molecular formula is C16H9ClF4N4. The molecule has 3 aromatic rings. The SMILES string of the molecule is Fc1ccc(Nc2ccnc(Nc3ccc(F)c(F)c3F)n2)cc1Cl. The summed E-state index contributed by atoms with van der Waals surface area (Å²) < 4.78 is 53.0. The van der Waals surface area contributed by atoms with Gasteiger partial charge in [0.25, 0.3) is 0 Å². The van der Waals surface area contributed by atoms with Crippen molar-refractivity contribution in [3.63, 3.8) is 0 Å². The predicted molar refractivity (Wildman–Crippen MR) is 86.3 cm³/mol. The number of benzene rings is 2. The summed E-state index contributed by atoms with van der Waals surface area (Å²) in [6.07, 6.45) is 1.36. The van der Waals surface area contributed by atoms with Crippen LogP contribution in [0, 0.1) is 23.3 Å². The molecule has 0 radical (unpaired) electrons. The molecule has 128 valence electrons. The molecule has 1 aromatic heterocycles. The van der Waals surface area contributed by atoms with Gasteiger partial charge in [-0.05, 0) is 36.4 Å². The molecule has 2 N–H and O–H groups in total. The number of halogens is 5. The fraction of sp³-hybridized carbons (Fsp3) is 0. The number of nitrogens with zero attached hydrogens (tertiary/aromatic N) is 2. The summed E-state index contributed by atoms with van der Waals surface area (Å²) >= 11 is 5.70. The second-order valence-corrected chi connectivity index (χ2v) is 5.27. The van der Waals surface area contributed by atoms with E-state index in [-0.39, 0.29) is 16.7 Å². The summed E-state index contributed by atoms with van der Waals surface area (Å²) in [5.41, 5.74) is 0.149. The van der Waals surface area contributed by atoms with E-state index in [0.29, 0.717) is 11.5 Å². The van der Waals surface area contributed by atoms with Gasteiger partial charge in [-0.15, -0.1) is 0 Å². The summed E-state index contributed by atoms with van der Waals surface area (Å²) in [4.78, 5) is 7.93. The number of nitrogens with one attached hydrogen (secondary N) is 2. The van der Waals surface area contributed by atoms with Crippen LogP contribution >= 0.6 is 11.6 Å². The van der Waals surface area contributed by atoms with Crippen LogP contribution in [-0.2, 0) is 0 Å². The summed E-state index contributed by atoms with van der Waals surface area (Å²) in [7, 11) is 0. The molecule has 0 saturated carbocycles. The zero-order valence-electron chi connectivity index (χ0n) is 12.3. The number of rotatable bonds is 4. The lowest BCUT2D eigenvalue weighted by Crippen LogP contribution is -2.03. The Balaban J connectivity index is 1.82. The third kappa shape index (κ3) is 3.80. The minimum Gasteiger partial charge on any atom is -0.340 e. The van der Waals surface area contributed by atoms with Crippen LogP contribution in [-0.4, -0.2) is 9.97 Å². The summed E-state index contributed by atoms with van der Waals surface area (Å²) in [5, 5.41) is 5.25. The smallest absolute Gasteiger partial charge is 0.229 e. The molecule has 0 fully saturated rings. The average Bonchev–Trinajstić information content (AvgIpc) is 2.59. The largest absolute Gasteiger partial charge is 0.340 e. The van der Waals surface area contributed by atoms with E-state index in [1.54, 1.807) is 0 Å². The molecule has 0 spiro atoms. The van der Waals surface area contributed by atoms with Crippen molar-refractivity contribution < 1.29 is 17.6 Å². The van der Waals surface area contributed by atoms with Crippen molar-refractivity contribution >= 4 is 34.7 Å². The maximum absolute atomic E-state index is 13.7. The van der Waals surface area contributed by atoms with Gasteiger partial charge in [0.1, 0.15) is 11.6 Å². The highest BCUT2D eigenvalue weighted by atomic mass is 35.5. The molecule has 2 aromatic carbocycles. The number of hydrogen-bond acceptors (Lipinski definition) is 4. The Morgan fingerprint density at radius 1 is 0.840 bits per heavy atom. The van der Waals surface area contributed by atoms with Crippen molar-refractivity contribution in [1.29, 1.82) is 0 Å². The Hall–Kier alpha value is -2.87. The van der Waals surface area contributed by atoms with Crippen molar-refractivity contribution in [3.8, 4) is 0 Å².